The van der Waals surface area contributed by atoms with Crippen molar-refractivity contribution in [2.75, 3.05) is 13.6 Å². The van der Waals surface area contributed by atoms with Crippen LogP contribution in [0.2, 0.25) is 0 Å². The Morgan fingerprint density at radius 3 is 2.39 bits per heavy atom. The molecule has 1 aromatic rings. The summed E-state index contributed by atoms with van der Waals surface area (Å²) in [6.07, 6.45) is 2.02. The van der Waals surface area contributed by atoms with E-state index in [9.17, 15) is 0 Å². The highest BCUT2D eigenvalue weighted by Gasteiger charge is 2.26. The number of hydrogen-bond acceptors (Lipinski definition) is 2. The van der Waals surface area contributed by atoms with Gasteiger partial charge < -0.3 is 5.32 Å². The summed E-state index contributed by atoms with van der Waals surface area (Å²) in [7, 11) is 4.06. The summed E-state index contributed by atoms with van der Waals surface area (Å²) in [5.41, 5.74) is 2.76. The van der Waals surface area contributed by atoms with Crippen LogP contribution < -0.4 is 5.32 Å². The van der Waals surface area contributed by atoms with Gasteiger partial charge in [0.05, 0.1) is 15.9 Å². The molecule has 1 heterocycles. The second-order valence-corrected chi connectivity index (χ2v) is 6.80. The largest absolute Gasteiger partial charge is 0.319 e. The van der Waals surface area contributed by atoms with E-state index in [-0.39, 0.29) is 0 Å². The number of nitrogens with zero attached hydrogens (tertiary/aromatic N) is 2. The molecule has 1 aromatic heterocycles. The number of rotatable bonds is 5. The molecule has 1 unspecified atom stereocenters. The zero-order valence-corrected chi connectivity index (χ0v) is 14.1. The lowest BCUT2D eigenvalue weighted by molar-refractivity contribution is 0.231. The number of nitrogens with one attached hydrogen (secondary N) is 1. The van der Waals surface area contributed by atoms with Crippen molar-refractivity contribution in [1.29, 1.82) is 0 Å². The Balaban J connectivity index is 2.97. The van der Waals surface area contributed by atoms with E-state index in [4.69, 9.17) is 0 Å². The molecule has 18 heavy (non-hydrogen) atoms. The van der Waals surface area contributed by atoms with Crippen LogP contribution >= 0.6 is 15.9 Å². The Hall–Kier alpha value is -0.350. The molecule has 1 atom stereocenters. The Bertz CT molecular complexity index is 390. The van der Waals surface area contributed by atoms with E-state index in [0.717, 1.165) is 25.1 Å². The van der Waals surface area contributed by atoms with Crippen molar-refractivity contribution in [3.8, 4) is 0 Å². The number of aryl methyl sites for hydroxylation is 2. The van der Waals surface area contributed by atoms with Gasteiger partial charge in [-0.05, 0) is 53.7 Å². The fraction of sp³-hybridized carbons (Fsp3) is 0.786. The zero-order valence-electron chi connectivity index (χ0n) is 12.5. The molecule has 0 aromatic carbocycles. The summed E-state index contributed by atoms with van der Waals surface area (Å²) < 4.78 is 3.22. The Kier molecular flexibility index (Phi) is 5.41. The predicted molar refractivity (Wildman–Crippen MR) is 80.9 cm³/mol. The first-order valence-electron chi connectivity index (χ1n) is 6.66. The van der Waals surface area contributed by atoms with Crippen LogP contribution in [0.15, 0.2) is 4.47 Å². The highest BCUT2D eigenvalue weighted by atomic mass is 79.9. The van der Waals surface area contributed by atoms with E-state index in [2.05, 4.69) is 54.0 Å². The molecule has 0 saturated carbocycles. The van der Waals surface area contributed by atoms with Crippen LogP contribution in [-0.2, 0) is 19.9 Å². The summed E-state index contributed by atoms with van der Waals surface area (Å²) in [6, 6.07) is 0. The van der Waals surface area contributed by atoms with E-state index >= 15 is 0 Å². The summed E-state index contributed by atoms with van der Waals surface area (Å²) in [5.74, 6) is 0.596. The molecule has 0 radical (unpaired) electrons. The van der Waals surface area contributed by atoms with Crippen molar-refractivity contribution in [2.24, 2.45) is 18.4 Å². The molecule has 0 saturated heterocycles. The van der Waals surface area contributed by atoms with Crippen LogP contribution in [0.3, 0.4) is 0 Å². The molecule has 0 aliphatic rings. The Labute approximate surface area is 119 Å². The van der Waals surface area contributed by atoms with Crippen molar-refractivity contribution < 1.29 is 0 Å². The van der Waals surface area contributed by atoms with E-state index in [0.29, 0.717) is 11.3 Å². The quantitative estimate of drug-likeness (QED) is 0.904. The number of halogens is 1. The lowest BCUT2D eigenvalue weighted by atomic mass is 9.78. The smallest absolute Gasteiger partial charge is 0.0766 e. The maximum atomic E-state index is 4.57. The SMILES string of the molecule is CCc1nn(C)c(CC(CNC)C(C)(C)C)c1Br. The highest BCUT2D eigenvalue weighted by molar-refractivity contribution is 9.10. The number of aromatic nitrogens is 2. The van der Waals surface area contributed by atoms with Gasteiger partial charge in [0.2, 0.25) is 0 Å². The summed E-state index contributed by atoms with van der Waals surface area (Å²) >= 11 is 3.70. The summed E-state index contributed by atoms with van der Waals surface area (Å²) in [5, 5.41) is 7.88. The van der Waals surface area contributed by atoms with E-state index < -0.39 is 0 Å². The first-order chi connectivity index (χ1) is 8.31. The minimum absolute atomic E-state index is 0.291. The van der Waals surface area contributed by atoms with Crippen molar-refractivity contribution in [1.82, 2.24) is 15.1 Å². The fourth-order valence-corrected chi connectivity index (χ4v) is 2.98. The molecule has 0 aliphatic heterocycles. The molecule has 0 bridgehead atoms. The van der Waals surface area contributed by atoms with Gasteiger partial charge >= 0.3 is 0 Å². The van der Waals surface area contributed by atoms with Crippen molar-refractivity contribution in [3.05, 3.63) is 15.9 Å². The molecule has 0 spiro atoms. The standard InChI is InChI=1S/C14H26BrN3/c1-7-11-13(15)12(18(6)17-11)8-10(9-16-5)14(2,3)4/h10,16H,7-9H2,1-6H3. The Morgan fingerprint density at radius 1 is 1.39 bits per heavy atom. The molecule has 0 amide bonds. The monoisotopic (exact) mass is 315 g/mol. The topological polar surface area (TPSA) is 29.9 Å². The molecule has 0 aliphatic carbocycles. The third kappa shape index (κ3) is 3.58. The zero-order chi connectivity index (χ0) is 13.9. The average Bonchev–Trinajstić information content (AvgIpc) is 2.54. The van der Waals surface area contributed by atoms with Crippen LogP contribution in [0.1, 0.15) is 39.1 Å². The summed E-state index contributed by atoms with van der Waals surface area (Å²) in [4.78, 5) is 0. The second-order valence-electron chi connectivity index (χ2n) is 6.01. The van der Waals surface area contributed by atoms with Crippen LogP contribution in [0.25, 0.3) is 0 Å². The van der Waals surface area contributed by atoms with Gasteiger partial charge in [-0.1, -0.05) is 27.7 Å². The van der Waals surface area contributed by atoms with Gasteiger partial charge in [0.25, 0.3) is 0 Å². The molecule has 4 heteroatoms. The summed E-state index contributed by atoms with van der Waals surface area (Å²) in [6.45, 7) is 10.1. The molecule has 3 nitrogen and oxygen atoms in total. The third-order valence-corrected chi connectivity index (χ3v) is 4.53. The Morgan fingerprint density at radius 2 is 2.00 bits per heavy atom. The molecule has 1 N–H and O–H groups in total. The van der Waals surface area contributed by atoms with Crippen molar-refractivity contribution in [3.63, 3.8) is 0 Å². The van der Waals surface area contributed by atoms with Gasteiger partial charge in [-0.3, -0.25) is 4.68 Å². The van der Waals surface area contributed by atoms with Gasteiger partial charge in [0, 0.05) is 7.05 Å². The van der Waals surface area contributed by atoms with Gasteiger partial charge in [-0.2, -0.15) is 5.10 Å². The van der Waals surface area contributed by atoms with Crippen molar-refractivity contribution in [2.45, 2.75) is 40.5 Å². The first-order valence-corrected chi connectivity index (χ1v) is 7.45. The molecular formula is C14H26BrN3. The van der Waals surface area contributed by atoms with Crippen LogP contribution in [0, 0.1) is 11.3 Å². The minimum atomic E-state index is 0.291. The second kappa shape index (κ2) is 6.20. The van der Waals surface area contributed by atoms with Crippen molar-refractivity contribution >= 4 is 15.9 Å². The highest BCUT2D eigenvalue weighted by Crippen LogP contribution is 2.32. The van der Waals surface area contributed by atoms with Crippen LogP contribution in [0.5, 0.6) is 0 Å². The number of hydrogen-bond donors (Lipinski definition) is 1. The molecular weight excluding hydrogens is 290 g/mol. The van der Waals surface area contributed by atoms with Gasteiger partial charge in [-0.15, -0.1) is 0 Å². The average molecular weight is 316 g/mol. The first kappa shape index (κ1) is 15.7. The lowest BCUT2D eigenvalue weighted by Gasteiger charge is -2.30. The van der Waals surface area contributed by atoms with Gasteiger partial charge in [-0.25, -0.2) is 0 Å². The van der Waals surface area contributed by atoms with E-state index in [1.54, 1.807) is 0 Å². The minimum Gasteiger partial charge on any atom is -0.319 e. The van der Waals surface area contributed by atoms with Gasteiger partial charge in [0.1, 0.15) is 0 Å². The molecule has 1 rings (SSSR count). The van der Waals surface area contributed by atoms with Crippen LogP contribution in [0.4, 0.5) is 0 Å². The van der Waals surface area contributed by atoms with Gasteiger partial charge in [0.15, 0.2) is 0 Å². The van der Waals surface area contributed by atoms with E-state index in [1.165, 1.54) is 10.2 Å². The third-order valence-electron chi connectivity index (χ3n) is 3.62. The molecule has 104 valence electrons. The molecule has 0 fully saturated rings. The maximum Gasteiger partial charge on any atom is 0.0766 e. The maximum absolute atomic E-state index is 4.57. The van der Waals surface area contributed by atoms with E-state index in [1.807, 2.05) is 18.8 Å². The van der Waals surface area contributed by atoms with Crippen LogP contribution in [-0.4, -0.2) is 23.4 Å². The lowest BCUT2D eigenvalue weighted by Crippen LogP contribution is -2.32. The normalized spacial score (nSPS) is 13.9. The fourth-order valence-electron chi connectivity index (χ4n) is 2.21. The predicted octanol–water partition coefficient (Wildman–Crippen LogP) is 3.17.